The molecule has 0 amide bonds. The van der Waals surface area contributed by atoms with E-state index in [9.17, 15) is 9.59 Å². The van der Waals surface area contributed by atoms with Crippen molar-refractivity contribution in [3.63, 3.8) is 0 Å². The van der Waals surface area contributed by atoms with E-state index in [2.05, 4.69) is 0 Å². The van der Waals surface area contributed by atoms with Gasteiger partial charge in [-0.2, -0.15) is 0 Å². The van der Waals surface area contributed by atoms with E-state index < -0.39 is 11.9 Å². The van der Waals surface area contributed by atoms with Crippen molar-refractivity contribution in [1.82, 2.24) is 4.90 Å². The number of allylic oxidation sites excluding steroid dienone is 1. The van der Waals surface area contributed by atoms with Crippen LogP contribution in [0.3, 0.4) is 0 Å². The summed E-state index contributed by atoms with van der Waals surface area (Å²) in [5.41, 5.74) is 0.768. The summed E-state index contributed by atoms with van der Waals surface area (Å²) < 4.78 is 9.76. The molecule has 0 N–H and O–H groups in total. The van der Waals surface area contributed by atoms with Gasteiger partial charge in [-0.25, -0.2) is 9.59 Å². The van der Waals surface area contributed by atoms with Crippen molar-refractivity contribution in [2.75, 3.05) is 14.2 Å². The van der Waals surface area contributed by atoms with E-state index in [1.165, 1.54) is 20.6 Å². The van der Waals surface area contributed by atoms with Crippen LogP contribution in [0.2, 0.25) is 0 Å². The lowest BCUT2D eigenvalue weighted by molar-refractivity contribution is -0.140. The predicted octanol–water partition coefficient (Wildman–Crippen LogP) is 2.53. The van der Waals surface area contributed by atoms with Gasteiger partial charge in [-0.15, -0.1) is 0 Å². The van der Waals surface area contributed by atoms with E-state index in [1.54, 1.807) is 0 Å². The first-order chi connectivity index (χ1) is 10.2. The Hall–Kier alpha value is -1.78. The normalized spacial score (nSPS) is 20.2. The molecule has 21 heavy (non-hydrogen) atoms. The van der Waals surface area contributed by atoms with E-state index in [-0.39, 0.29) is 6.04 Å². The third kappa shape index (κ3) is 3.46. The van der Waals surface area contributed by atoms with Crippen LogP contribution in [0.4, 0.5) is 0 Å². The van der Waals surface area contributed by atoms with Crippen LogP contribution in [0.5, 0.6) is 0 Å². The van der Waals surface area contributed by atoms with E-state index >= 15 is 0 Å². The Morgan fingerprint density at radius 1 is 1.10 bits per heavy atom. The van der Waals surface area contributed by atoms with Crippen LogP contribution in [0.25, 0.3) is 0 Å². The van der Waals surface area contributed by atoms with Gasteiger partial charge in [0.15, 0.2) is 0 Å². The maximum Gasteiger partial charge on any atom is 0.355 e. The monoisotopic (exact) mass is 293 g/mol. The summed E-state index contributed by atoms with van der Waals surface area (Å²) in [5.74, 6) is -0.910. The molecule has 1 saturated carbocycles. The summed E-state index contributed by atoms with van der Waals surface area (Å²) in [7, 11) is 2.69. The Labute approximate surface area is 125 Å². The van der Waals surface area contributed by atoms with Gasteiger partial charge in [-0.1, -0.05) is 25.3 Å². The number of carbonyl (C=O) groups excluding carboxylic acids is 2. The molecule has 0 aromatic rings. The van der Waals surface area contributed by atoms with Crippen molar-refractivity contribution in [1.29, 1.82) is 0 Å². The van der Waals surface area contributed by atoms with Crippen molar-refractivity contribution >= 4 is 11.9 Å². The molecule has 5 nitrogen and oxygen atoms in total. The molecule has 0 aromatic carbocycles. The second-order valence-corrected chi connectivity index (χ2v) is 5.43. The van der Waals surface area contributed by atoms with Crippen LogP contribution in [0.1, 0.15) is 44.9 Å². The van der Waals surface area contributed by atoms with E-state index in [0.717, 1.165) is 25.7 Å². The summed E-state index contributed by atoms with van der Waals surface area (Å²) in [6.07, 6.45) is 10.7. The number of rotatable bonds is 3. The molecule has 1 aliphatic heterocycles. The standard InChI is InChI=1S/C16H23NO4/c1-20-15(18)13-10-6-7-11-17(14(13)16(19)21-2)12-8-4-3-5-9-12/h7,11-12H,3-6,8-10H2,1-2H3. The van der Waals surface area contributed by atoms with E-state index in [0.29, 0.717) is 24.1 Å². The lowest BCUT2D eigenvalue weighted by atomic mass is 9.93. The summed E-state index contributed by atoms with van der Waals surface area (Å²) in [6, 6.07) is 0.252. The Morgan fingerprint density at radius 2 is 1.76 bits per heavy atom. The molecule has 1 heterocycles. The molecule has 116 valence electrons. The third-order valence-electron chi connectivity index (χ3n) is 4.15. The number of nitrogens with zero attached hydrogens (tertiary/aromatic N) is 1. The van der Waals surface area contributed by atoms with Crippen molar-refractivity contribution in [2.45, 2.75) is 51.0 Å². The summed E-state index contributed by atoms with van der Waals surface area (Å²) >= 11 is 0. The van der Waals surface area contributed by atoms with E-state index in [4.69, 9.17) is 9.47 Å². The van der Waals surface area contributed by atoms with Crippen LogP contribution in [0, 0.1) is 0 Å². The molecule has 2 aliphatic rings. The predicted molar refractivity (Wildman–Crippen MR) is 78.1 cm³/mol. The smallest absolute Gasteiger partial charge is 0.355 e. The highest BCUT2D eigenvalue weighted by Gasteiger charge is 2.32. The van der Waals surface area contributed by atoms with Gasteiger partial charge in [0, 0.05) is 12.2 Å². The van der Waals surface area contributed by atoms with Gasteiger partial charge >= 0.3 is 11.9 Å². The zero-order chi connectivity index (χ0) is 15.2. The van der Waals surface area contributed by atoms with Gasteiger partial charge in [-0.3, -0.25) is 0 Å². The molecule has 0 radical (unpaired) electrons. The van der Waals surface area contributed by atoms with Crippen LogP contribution >= 0.6 is 0 Å². The van der Waals surface area contributed by atoms with Gasteiger partial charge in [0.1, 0.15) is 5.70 Å². The van der Waals surface area contributed by atoms with Crippen molar-refractivity contribution < 1.29 is 19.1 Å². The topological polar surface area (TPSA) is 55.8 Å². The summed E-state index contributed by atoms with van der Waals surface area (Å²) in [5, 5.41) is 0. The Morgan fingerprint density at radius 3 is 2.38 bits per heavy atom. The number of hydrogen-bond acceptors (Lipinski definition) is 5. The van der Waals surface area contributed by atoms with Crippen molar-refractivity contribution in [2.24, 2.45) is 0 Å². The molecule has 1 aliphatic carbocycles. The number of carbonyl (C=O) groups is 2. The quantitative estimate of drug-likeness (QED) is 0.748. The lowest BCUT2D eigenvalue weighted by Gasteiger charge is -2.34. The molecule has 0 bridgehead atoms. The highest BCUT2D eigenvalue weighted by atomic mass is 16.5. The third-order valence-corrected chi connectivity index (χ3v) is 4.15. The molecule has 1 fully saturated rings. The number of esters is 2. The maximum atomic E-state index is 12.2. The zero-order valence-electron chi connectivity index (χ0n) is 12.8. The van der Waals surface area contributed by atoms with Gasteiger partial charge in [0.25, 0.3) is 0 Å². The molecule has 0 spiro atoms. The van der Waals surface area contributed by atoms with Gasteiger partial charge in [0.05, 0.1) is 19.8 Å². The van der Waals surface area contributed by atoms with Crippen molar-refractivity contribution in [3.8, 4) is 0 Å². The largest absolute Gasteiger partial charge is 0.466 e. The molecule has 2 rings (SSSR count). The van der Waals surface area contributed by atoms with Crippen LogP contribution in [-0.4, -0.2) is 37.1 Å². The second-order valence-electron chi connectivity index (χ2n) is 5.43. The highest BCUT2D eigenvalue weighted by molar-refractivity contribution is 6.00. The Kier molecular flexibility index (Phi) is 5.42. The van der Waals surface area contributed by atoms with Gasteiger partial charge in [0.2, 0.25) is 0 Å². The number of methoxy groups -OCH3 is 2. The molecule has 0 aromatic heterocycles. The van der Waals surface area contributed by atoms with Gasteiger partial charge < -0.3 is 14.4 Å². The zero-order valence-corrected chi connectivity index (χ0v) is 12.8. The van der Waals surface area contributed by atoms with Gasteiger partial charge in [-0.05, 0) is 25.7 Å². The first kappa shape index (κ1) is 15.6. The van der Waals surface area contributed by atoms with Crippen LogP contribution in [0.15, 0.2) is 23.5 Å². The lowest BCUT2D eigenvalue weighted by Crippen LogP contribution is -2.36. The minimum absolute atomic E-state index is 0.252. The summed E-state index contributed by atoms with van der Waals surface area (Å²) in [4.78, 5) is 26.2. The average Bonchev–Trinajstić information content (AvgIpc) is 2.77. The van der Waals surface area contributed by atoms with Crippen LogP contribution in [-0.2, 0) is 19.1 Å². The number of hydrogen-bond donors (Lipinski definition) is 0. The highest BCUT2D eigenvalue weighted by Crippen LogP contribution is 2.30. The molecule has 0 saturated heterocycles. The average molecular weight is 293 g/mol. The van der Waals surface area contributed by atoms with Crippen molar-refractivity contribution in [3.05, 3.63) is 23.5 Å². The Balaban J connectivity index is 2.41. The number of ether oxygens (including phenoxy) is 2. The SMILES string of the molecule is COC(=O)C1=C(C(=O)OC)N(C2CCCCC2)C=CCC1. The Bertz CT molecular complexity index is 461. The molecular weight excluding hydrogens is 270 g/mol. The maximum absolute atomic E-state index is 12.2. The fourth-order valence-electron chi connectivity index (χ4n) is 3.08. The van der Waals surface area contributed by atoms with E-state index in [1.807, 2.05) is 17.2 Å². The fraction of sp³-hybridized carbons (Fsp3) is 0.625. The minimum Gasteiger partial charge on any atom is -0.466 e. The molecular formula is C16H23NO4. The first-order valence-corrected chi connectivity index (χ1v) is 7.53. The first-order valence-electron chi connectivity index (χ1n) is 7.53. The second kappa shape index (κ2) is 7.29. The minimum atomic E-state index is -0.465. The van der Waals surface area contributed by atoms with Crippen LogP contribution < -0.4 is 0 Å². The molecule has 0 unspecified atom stereocenters. The summed E-state index contributed by atoms with van der Waals surface area (Å²) in [6.45, 7) is 0. The molecule has 5 heteroatoms. The fourth-order valence-corrected chi connectivity index (χ4v) is 3.08. The molecule has 0 atom stereocenters.